The fourth-order valence-electron chi connectivity index (χ4n) is 3.43. The largest absolute Gasteiger partial charge is 0.493 e. The molecule has 0 aromatic heterocycles. The molecule has 0 saturated carbocycles. The van der Waals surface area contributed by atoms with Crippen LogP contribution in [0.25, 0.3) is 0 Å². The van der Waals surface area contributed by atoms with Gasteiger partial charge in [0, 0.05) is 25.6 Å². The Hall–Kier alpha value is -1.06. The van der Waals surface area contributed by atoms with Gasteiger partial charge in [0.1, 0.15) is 5.75 Å². The van der Waals surface area contributed by atoms with E-state index < -0.39 is 0 Å². The Morgan fingerprint density at radius 2 is 2.10 bits per heavy atom. The van der Waals surface area contributed by atoms with Crippen molar-refractivity contribution in [1.29, 1.82) is 0 Å². The minimum absolute atomic E-state index is 0.601. The lowest BCUT2D eigenvalue weighted by atomic mass is 9.96. The molecular weight excluding hydrogens is 260 g/mol. The molecule has 1 fully saturated rings. The number of nitrogens with zero attached hydrogens (tertiary/aromatic N) is 1. The molecule has 116 valence electrons. The molecule has 0 aliphatic carbocycles. The Morgan fingerprint density at radius 3 is 2.86 bits per heavy atom. The number of nitrogens with one attached hydrogen (secondary N) is 1. The third-order valence-corrected chi connectivity index (χ3v) is 4.82. The third-order valence-electron chi connectivity index (χ3n) is 4.82. The summed E-state index contributed by atoms with van der Waals surface area (Å²) >= 11 is 0. The van der Waals surface area contributed by atoms with Crippen molar-refractivity contribution in [2.24, 2.45) is 5.92 Å². The van der Waals surface area contributed by atoms with Crippen LogP contribution in [0.1, 0.15) is 37.8 Å². The van der Waals surface area contributed by atoms with Crippen LogP contribution in [0.3, 0.4) is 0 Å². The van der Waals surface area contributed by atoms with E-state index in [1.54, 1.807) is 0 Å². The maximum Gasteiger partial charge on any atom is 0.122 e. The van der Waals surface area contributed by atoms with E-state index in [-0.39, 0.29) is 0 Å². The fraction of sp³-hybridized carbons (Fsp3) is 0.667. The summed E-state index contributed by atoms with van der Waals surface area (Å²) < 4.78 is 5.61. The topological polar surface area (TPSA) is 24.5 Å². The van der Waals surface area contributed by atoms with Gasteiger partial charge in [-0.2, -0.15) is 0 Å². The summed E-state index contributed by atoms with van der Waals surface area (Å²) in [4.78, 5) is 2.63. The third kappa shape index (κ3) is 3.78. The Kier molecular flexibility index (Phi) is 4.81. The quantitative estimate of drug-likeness (QED) is 0.901. The highest BCUT2D eigenvalue weighted by atomic mass is 16.5. The number of rotatable bonds is 5. The van der Waals surface area contributed by atoms with Crippen LogP contribution in [0, 0.1) is 5.92 Å². The zero-order chi connectivity index (χ0) is 14.7. The van der Waals surface area contributed by atoms with Gasteiger partial charge in [-0.25, -0.2) is 0 Å². The van der Waals surface area contributed by atoms with E-state index in [4.69, 9.17) is 4.74 Å². The van der Waals surface area contributed by atoms with Gasteiger partial charge in [0.15, 0.2) is 0 Å². The predicted molar refractivity (Wildman–Crippen MR) is 86.8 cm³/mol. The lowest BCUT2D eigenvalue weighted by Gasteiger charge is -2.33. The van der Waals surface area contributed by atoms with Crippen molar-refractivity contribution < 1.29 is 4.74 Å². The predicted octanol–water partition coefficient (Wildman–Crippen LogP) is 2.83. The van der Waals surface area contributed by atoms with Crippen LogP contribution >= 0.6 is 0 Å². The van der Waals surface area contributed by atoms with Gasteiger partial charge in [-0.05, 0) is 62.9 Å². The van der Waals surface area contributed by atoms with Gasteiger partial charge >= 0.3 is 0 Å². The minimum atomic E-state index is 0.601. The summed E-state index contributed by atoms with van der Waals surface area (Å²) in [6, 6.07) is 7.34. The summed E-state index contributed by atoms with van der Waals surface area (Å²) in [5.41, 5.74) is 2.82. The van der Waals surface area contributed by atoms with E-state index in [1.807, 2.05) is 0 Å². The maximum atomic E-state index is 5.61. The van der Waals surface area contributed by atoms with Gasteiger partial charge in [-0.15, -0.1) is 0 Å². The average Bonchev–Trinajstić information content (AvgIpc) is 2.95. The lowest BCUT2D eigenvalue weighted by molar-refractivity contribution is 0.162. The molecule has 1 aromatic carbocycles. The smallest absolute Gasteiger partial charge is 0.122 e. The Labute approximate surface area is 128 Å². The molecule has 3 nitrogen and oxygen atoms in total. The Balaban J connectivity index is 1.64. The van der Waals surface area contributed by atoms with E-state index >= 15 is 0 Å². The molecule has 0 bridgehead atoms. The summed E-state index contributed by atoms with van der Waals surface area (Å²) in [6.07, 6.45) is 3.71. The highest BCUT2D eigenvalue weighted by Gasteiger charge is 2.20. The van der Waals surface area contributed by atoms with E-state index in [1.165, 1.54) is 43.6 Å². The number of hydrogen-bond donors (Lipinski definition) is 1. The number of piperidine rings is 1. The first-order chi connectivity index (χ1) is 10.2. The fourth-order valence-corrected chi connectivity index (χ4v) is 3.43. The second-order valence-corrected chi connectivity index (χ2v) is 6.76. The Morgan fingerprint density at radius 1 is 1.29 bits per heavy atom. The molecule has 3 rings (SSSR count). The van der Waals surface area contributed by atoms with Gasteiger partial charge in [-0.1, -0.05) is 12.1 Å². The van der Waals surface area contributed by atoms with Crippen molar-refractivity contribution in [3.63, 3.8) is 0 Å². The highest BCUT2D eigenvalue weighted by Crippen LogP contribution is 2.27. The molecule has 0 atom stereocenters. The second-order valence-electron chi connectivity index (χ2n) is 6.76. The molecule has 2 heterocycles. The van der Waals surface area contributed by atoms with Crippen LogP contribution in [-0.4, -0.2) is 37.2 Å². The van der Waals surface area contributed by atoms with Crippen molar-refractivity contribution in [2.75, 3.05) is 26.2 Å². The molecule has 1 saturated heterocycles. The van der Waals surface area contributed by atoms with Crippen LogP contribution in [0.4, 0.5) is 0 Å². The van der Waals surface area contributed by atoms with Crippen LogP contribution in [-0.2, 0) is 13.0 Å². The maximum absolute atomic E-state index is 5.61. The molecule has 21 heavy (non-hydrogen) atoms. The molecule has 1 aromatic rings. The molecule has 0 amide bonds. The second kappa shape index (κ2) is 6.80. The van der Waals surface area contributed by atoms with E-state index in [0.29, 0.717) is 6.04 Å². The summed E-state index contributed by atoms with van der Waals surface area (Å²) in [7, 11) is 0. The molecule has 1 N–H and O–H groups in total. The number of hydrogen-bond acceptors (Lipinski definition) is 3. The molecule has 0 unspecified atom stereocenters. The van der Waals surface area contributed by atoms with Crippen LogP contribution in [0.15, 0.2) is 18.2 Å². The molecule has 3 heteroatoms. The standard InChI is InChI=1S/C18H28N2O/c1-14(2)20(12-15-5-8-19-9-6-15)13-16-3-4-18-17(11-16)7-10-21-18/h3-4,11,14-15,19H,5-10,12-13H2,1-2H3. The number of fused-ring (bicyclic) bond motifs is 1. The first-order valence-electron chi connectivity index (χ1n) is 8.42. The molecule has 0 spiro atoms. The van der Waals surface area contributed by atoms with Gasteiger partial charge < -0.3 is 10.1 Å². The monoisotopic (exact) mass is 288 g/mol. The summed E-state index contributed by atoms with van der Waals surface area (Å²) in [5, 5.41) is 3.46. The molecular formula is C18H28N2O. The lowest BCUT2D eigenvalue weighted by Crippen LogP contribution is -2.39. The van der Waals surface area contributed by atoms with Gasteiger partial charge in [-0.3, -0.25) is 4.90 Å². The highest BCUT2D eigenvalue weighted by molar-refractivity contribution is 5.39. The van der Waals surface area contributed by atoms with Gasteiger partial charge in [0.25, 0.3) is 0 Å². The first-order valence-corrected chi connectivity index (χ1v) is 8.42. The van der Waals surface area contributed by atoms with E-state index in [9.17, 15) is 0 Å². The van der Waals surface area contributed by atoms with Crippen molar-refractivity contribution in [3.05, 3.63) is 29.3 Å². The zero-order valence-electron chi connectivity index (χ0n) is 13.4. The summed E-state index contributed by atoms with van der Waals surface area (Å²) in [5.74, 6) is 1.94. The molecule has 0 radical (unpaired) electrons. The first kappa shape index (κ1) is 14.9. The SMILES string of the molecule is CC(C)N(Cc1ccc2c(c1)CCO2)CC1CCNCC1. The minimum Gasteiger partial charge on any atom is -0.493 e. The van der Waals surface area contributed by atoms with Crippen molar-refractivity contribution >= 4 is 0 Å². The van der Waals surface area contributed by atoms with Crippen molar-refractivity contribution in [1.82, 2.24) is 10.2 Å². The van der Waals surface area contributed by atoms with Crippen molar-refractivity contribution in [3.8, 4) is 5.75 Å². The van der Waals surface area contributed by atoms with E-state index in [0.717, 1.165) is 31.2 Å². The van der Waals surface area contributed by atoms with Crippen molar-refractivity contribution in [2.45, 2.75) is 45.7 Å². The average molecular weight is 288 g/mol. The Bertz CT molecular complexity index is 466. The van der Waals surface area contributed by atoms with Gasteiger partial charge in [0.05, 0.1) is 6.61 Å². The number of ether oxygens (including phenoxy) is 1. The van der Waals surface area contributed by atoms with E-state index in [2.05, 4.69) is 42.3 Å². The normalized spacial score (nSPS) is 19.0. The zero-order valence-corrected chi connectivity index (χ0v) is 13.4. The molecule has 2 aliphatic heterocycles. The van der Waals surface area contributed by atoms with Crippen LogP contribution in [0.5, 0.6) is 5.75 Å². The number of benzene rings is 1. The van der Waals surface area contributed by atoms with Crippen LogP contribution in [0.2, 0.25) is 0 Å². The molecule has 2 aliphatic rings. The van der Waals surface area contributed by atoms with Gasteiger partial charge in [0.2, 0.25) is 0 Å². The van der Waals surface area contributed by atoms with Crippen LogP contribution < -0.4 is 10.1 Å². The summed E-state index contributed by atoms with van der Waals surface area (Å²) in [6.45, 7) is 10.2.